The average Bonchev–Trinajstić information content (AvgIpc) is 2.74. The lowest BCUT2D eigenvalue weighted by atomic mass is 10.0. The van der Waals surface area contributed by atoms with E-state index < -0.39 is 17.5 Å². The molecule has 92 valence electrons. The summed E-state index contributed by atoms with van der Waals surface area (Å²) < 4.78 is 4.93. The molecule has 5 heteroatoms. The Hall–Kier alpha value is -2.04. The SMILES string of the molecule is CCCCc1cocc1C(=O)/C=C(\O)C(=O)O. The number of aliphatic hydroxyl groups is 1. The summed E-state index contributed by atoms with van der Waals surface area (Å²) in [5.74, 6) is -3.07. The van der Waals surface area contributed by atoms with Gasteiger partial charge in [0.2, 0.25) is 5.76 Å². The summed E-state index contributed by atoms with van der Waals surface area (Å²) in [6, 6.07) is 0. The van der Waals surface area contributed by atoms with Crippen molar-refractivity contribution in [1.82, 2.24) is 0 Å². The van der Waals surface area contributed by atoms with Crippen molar-refractivity contribution in [1.29, 1.82) is 0 Å². The van der Waals surface area contributed by atoms with Gasteiger partial charge in [-0.05, 0) is 12.8 Å². The molecule has 0 saturated carbocycles. The molecule has 0 spiro atoms. The van der Waals surface area contributed by atoms with Gasteiger partial charge < -0.3 is 14.6 Å². The predicted molar refractivity (Wildman–Crippen MR) is 60.0 cm³/mol. The Morgan fingerprint density at radius 2 is 2.06 bits per heavy atom. The number of carbonyl (C=O) groups is 2. The Balaban J connectivity index is 2.86. The number of aliphatic hydroxyl groups excluding tert-OH is 1. The Morgan fingerprint density at radius 3 is 2.65 bits per heavy atom. The maximum atomic E-state index is 11.6. The van der Waals surface area contributed by atoms with Crippen LogP contribution in [-0.2, 0) is 11.2 Å². The first kappa shape index (κ1) is 13.0. The molecular formula is C12H14O5. The van der Waals surface area contributed by atoms with Crippen LogP contribution in [0.1, 0.15) is 35.7 Å². The first-order valence-corrected chi connectivity index (χ1v) is 5.29. The molecule has 0 radical (unpaired) electrons. The molecule has 5 nitrogen and oxygen atoms in total. The van der Waals surface area contributed by atoms with E-state index in [0.717, 1.165) is 18.4 Å². The van der Waals surface area contributed by atoms with Crippen LogP contribution in [0.3, 0.4) is 0 Å². The second-order valence-corrected chi connectivity index (χ2v) is 3.61. The number of aryl methyl sites for hydroxylation is 1. The van der Waals surface area contributed by atoms with E-state index in [4.69, 9.17) is 14.6 Å². The number of furan rings is 1. The van der Waals surface area contributed by atoms with Crippen LogP contribution >= 0.6 is 0 Å². The number of hydrogen-bond donors (Lipinski definition) is 2. The zero-order chi connectivity index (χ0) is 12.8. The third-order valence-corrected chi connectivity index (χ3v) is 2.29. The van der Waals surface area contributed by atoms with Crippen molar-refractivity contribution in [3.63, 3.8) is 0 Å². The number of carbonyl (C=O) groups excluding carboxylic acids is 1. The average molecular weight is 238 g/mol. The summed E-state index contributed by atoms with van der Waals surface area (Å²) in [6.45, 7) is 2.03. The van der Waals surface area contributed by atoms with Crippen molar-refractivity contribution in [2.24, 2.45) is 0 Å². The van der Waals surface area contributed by atoms with E-state index in [2.05, 4.69) is 0 Å². The van der Waals surface area contributed by atoms with Crippen molar-refractivity contribution >= 4 is 11.8 Å². The Labute approximate surface area is 98.4 Å². The Bertz CT molecular complexity index is 442. The molecule has 2 N–H and O–H groups in total. The first-order valence-electron chi connectivity index (χ1n) is 5.29. The highest BCUT2D eigenvalue weighted by Gasteiger charge is 2.14. The van der Waals surface area contributed by atoms with Gasteiger partial charge in [-0.2, -0.15) is 0 Å². The van der Waals surface area contributed by atoms with Gasteiger partial charge in [0, 0.05) is 11.6 Å². The fourth-order valence-electron chi connectivity index (χ4n) is 1.36. The fraction of sp³-hybridized carbons (Fsp3) is 0.333. The van der Waals surface area contributed by atoms with Crippen molar-refractivity contribution < 1.29 is 24.2 Å². The van der Waals surface area contributed by atoms with E-state index in [1.807, 2.05) is 6.92 Å². The molecule has 0 saturated heterocycles. The molecule has 1 rings (SSSR count). The van der Waals surface area contributed by atoms with Crippen LogP contribution in [0.2, 0.25) is 0 Å². The summed E-state index contributed by atoms with van der Waals surface area (Å²) in [7, 11) is 0. The molecule has 0 fully saturated rings. The highest BCUT2D eigenvalue weighted by molar-refractivity contribution is 6.08. The van der Waals surface area contributed by atoms with Gasteiger partial charge in [0.1, 0.15) is 6.26 Å². The number of unbranched alkanes of at least 4 members (excludes halogenated alkanes) is 1. The van der Waals surface area contributed by atoms with Crippen LogP contribution in [0.25, 0.3) is 0 Å². The summed E-state index contributed by atoms with van der Waals surface area (Å²) >= 11 is 0. The summed E-state index contributed by atoms with van der Waals surface area (Å²) in [6.07, 6.45) is 6.00. The van der Waals surface area contributed by atoms with Gasteiger partial charge in [-0.25, -0.2) is 4.79 Å². The minimum Gasteiger partial charge on any atom is -0.502 e. The quantitative estimate of drug-likeness (QED) is 0.451. The van der Waals surface area contributed by atoms with Crippen molar-refractivity contribution in [2.45, 2.75) is 26.2 Å². The second-order valence-electron chi connectivity index (χ2n) is 3.61. The number of rotatable bonds is 6. The second kappa shape index (κ2) is 5.89. The minimum atomic E-state index is -1.53. The van der Waals surface area contributed by atoms with E-state index in [1.54, 1.807) is 0 Å². The largest absolute Gasteiger partial charge is 0.502 e. The molecule has 17 heavy (non-hydrogen) atoms. The normalized spacial score (nSPS) is 11.5. The molecule has 0 aromatic carbocycles. The maximum absolute atomic E-state index is 11.6. The summed E-state index contributed by atoms with van der Waals surface area (Å²) in [5.41, 5.74) is 1.03. The van der Waals surface area contributed by atoms with Crippen molar-refractivity contribution in [3.8, 4) is 0 Å². The van der Waals surface area contributed by atoms with Crippen LogP contribution < -0.4 is 0 Å². The lowest BCUT2D eigenvalue weighted by Crippen LogP contribution is -2.04. The van der Waals surface area contributed by atoms with Gasteiger partial charge in [-0.15, -0.1) is 0 Å². The van der Waals surface area contributed by atoms with E-state index in [9.17, 15) is 9.59 Å². The van der Waals surface area contributed by atoms with Gasteiger partial charge in [0.15, 0.2) is 5.78 Å². The highest BCUT2D eigenvalue weighted by Crippen LogP contribution is 2.15. The predicted octanol–water partition coefficient (Wildman–Crippen LogP) is 2.33. The molecule has 0 bridgehead atoms. The van der Waals surface area contributed by atoms with Crippen LogP contribution in [0.4, 0.5) is 0 Å². The Morgan fingerprint density at radius 1 is 1.35 bits per heavy atom. The molecule has 1 aromatic heterocycles. The number of carboxylic acids is 1. The van der Waals surface area contributed by atoms with E-state index in [0.29, 0.717) is 18.1 Å². The molecule has 0 atom stereocenters. The van der Waals surface area contributed by atoms with Gasteiger partial charge in [-0.3, -0.25) is 4.79 Å². The van der Waals surface area contributed by atoms with Crippen molar-refractivity contribution in [3.05, 3.63) is 35.5 Å². The van der Waals surface area contributed by atoms with Gasteiger partial charge in [0.05, 0.1) is 11.8 Å². The van der Waals surface area contributed by atoms with E-state index >= 15 is 0 Å². The Kier molecular flexibility index (Phi) is 4.51. The van der Waals surface area contributed by atoms with Crippen LogP contribution in [-0.4, -0.2) is 22.0 Å². The number of allylic oxidation sites excluding steroid dienone is 1. The van der Waals surface area contributed by atoms with E-state index in [1.165, 1.54) is 12.5 Å². The zero-order valence-corrected chi connectivity index (χ0v) is 9.47. The molecule has 0 aliphatic rings. The number of aliphatic carboxylic acids is 1. The summed E-state index contributed by atoms with van der Waals surface area (Å²) in [5, 5.41) is 17.4. The standard InChI is InChI=1S/C12H14O5/c1-2-3-4-8-6-17-7-9(8)10(13)5-11(14)12(15)16/h5-7,14H,2-4H2,1H3,(H,15,16)/b11-5-. The molecule has 1 aromatic rings. The lowest BCUT2D eigenvalue weighted by Gasteiger charge is -1.98. The van der Waals surface area contributed by atoms with Crippen LogP contribution in [0, 0.1) is 0 Å². The van der Waals surface area contributed by atoms with Gasteiger partial charge in [-0.1, -0.05) is 13.3 Å². The van der Waals surface area contributed by atoms with E-state index in [-0.39, 0.29) is 0 Å². The number of hydrogen-bond acceptors (Lipinski definition) is 4. The zero-order valence-electron chi connectivity index (χ0n) is 9.47. The van der Waals surface area contributed by atoms with Gasteiger partial charge in [0.25, 0.3) is 0 Å². The van der Waals surface area contributed by atoms with Crippen LogP contribution in [0.5, 0.6) is 0 Å². The fourth-order valence-corrected chi connectivity index (χ4v) is 1.36. The first-order chi connectivity index (χ1) is 8.06. The maximum Gasteiger partial charge on any atom is 0.371 e. The highest BCUT2D eigenvalue weighted by atomic mass is 16.4. The molecule has 0 unspecified atom stereocenters. The summed E-state index contributed by atoms with van der Waals surface area (Å²) in [4.78, 5) is 22.0. The smallest absolute Gasteiger partial charge is 0.371 e. The number of carboxylic acid groups (broad SMARTS) is 1. The monoisotopic (exact) mass is 238 g/mol. The molecular weight excluding hydrogens is 224 g/mol. The minimum absolute atomic E-state index is 0.297. The molecule has 1 heterocycles. The topological polar surface area (TPSA) is 87.7 Å². The third-order valence-electron chi connectivity index (χ3n) is 2.29. The lowest BCUT2D eigenvalue weighted by molar-refractivity contribution is -0.135. The molecule has 0 aliphatic carbocycles. The molecule has 0 aliphatic heterocycles. The third kappa shape index (κ3) is 3.48. The number of ketones is 1. The van der Waals surface area contributed by atoms with Crippen molar-refractivity contribution in [2.75, 3.05) is 0 Å². The van der Waals surface area contributed by atoms with Crippen LogP contribution in [0.15, 0.2) is 28.8 Å². The molecule has 0 amide bonds. The van der Waals surface area contributed by atoms with Gasteiger partial charge >= 0.3 is 5.97 Å².